The molecule has 31 heavy (non-hydrogen) atoms. The van der Waals surface area contributed by atoms with Gasteiger partial charge in [0, 0.05) is 55.2 Å². The lowest BCUT2D eigenvalue weighted by Crippen LogP contribution is -2.48. The van der Waals surface area contributed by atoms with E-state index in [9.17, 15) is 14.0 Å². The van der Waals surface area contributed by atoms with Gasteiger partial charge in [-0.3, -0.25) is 9.59 Å². The van der Waals surface area contributed by atoms with Crippen molar-refractivity contribution in [3.63, 3.8) is 0 Å². The van der Waals surface area contributed by atoms with Gasteiger partial charge in [-0.1, -0.05) is 25.1 Å². The second-order valence-corrected chi connectivity index (χ2v) is 7.66. The van der Waals surface area contributed by atoms with Gasteiger partial charge in [-0.15, -0.1) is 0 Å². The van der Waals surface area contributed by atoms with Crippen molar-refractivity contribution in [1.82, 2.24) is 4.90 Å². The van der Waals surface area contributed by atoms with E-state index in [1.807, 2.05) is 42.2 Å². The molecule has 0 radical (unpaired) electrons. The maximum Gasteiger partial charge on any atom is 0.246 e. The normalized spacial score (nSPS) is 14.5. The van der Waals surface area contributed by atoms with E-state index in [0.717, 1.165) is 28.7 Å². The number of ketones is 1. The highest BCUT2D eigenvalue weighted by Gasteiger charge is 2.22. The minimum Gasteiger partial charge on any atom is -0.460 e. The number of hydrogen-bond acceptors (Lipinski definition) is 4. The fourth-order valence-electron chi connectivity index (χ4n) is 3.97. The summed E-state index contributed by atoms with van der Waals surface area (Å²) in [6.45, 7) is 5.52. The SMILES string of the molecule is CCc1oc2ccccc2c1/C=C/C(=O)N1CCN(c2ccc(C(C)=O)cc2F)CC1. The van der Waals surface area contributed by atoms with Crippen LogP contribution in [0.15, 0.2) is 53.0 Å². The zero-order valence-corrected chi connectivity index (χ0v) is 17.7. The molecule has 6 heteroatoms. The van der Waals surface area contributed by atoms with Crippen LogP contribution in [0, 0.1) is 5.82 Å². The number of halogens is 1. The minimum atomic E-state index is -0.411. The summed E-state index contributed by atoms with van der Waals surface area (Å²) in [6.07, 6.45) is 4.17. The second-order valence-electron chi connectivity index (χ2n) is 7.66. The molecular formula is C25H25FN2O3. The van der Waals surface area contributed by atoms with Crippen LogP contribution in [0.5, 0.6) is 0 Å². The number of anilines is 1. The van der Waals surface area contributed by atoms with Crippen LogP contribution in [0.3, 0.4) is 0 Å². The minimum absolute atomic E-state index is 0.0700. The average molecular weight is 420 g/mol. The smallest absolute Gasteiger partial charge is 0.246 e. The molecule has 0 N–H and O–H groups in total. The summed E-state index contributed by atoms with van der Waals surface area (Å²) in [5.41, 5.74) is 2.58. The Morgan fingerprint density at radius 2 is 1.84 bits per heavy atom. The van der Waals surface area contributed by atoms with Gasteiger partial charge in [-0.2, -0.15) is 0 Å². The van der Waals surface area contributed by atoms with Crippen molar-refractivity contribution in [3.05, 3.63) is 71.2 Å². The Balaban J connectivity index is 1.43. The zero-order valence-electron chi connectivity index (χ0n) is 17.7. The first-order chi connectivity index (χ1) is 15.0. The highest BCUT2D eigenvalue weighted by atomic mass is 19.1. The molecule has 0 unspecified atom stereocenters. The number of furan rings is 1. The van der Waals surface area contributed by atoms with Crippen molar-refractivity contribution < 1.29 is 18.4 Å². The number of hydrogen-bond donors (Lipinski definition) is 0. The van der Waals surface area contributed by atoms with E-state index >= 15 is 0 Å². The number of rotatable bonds is 5. The van der Waals surface area contributed by atoms with Crippen molar-refractivity contribution in [2.75, 3.05) is 31.1 Å². The molecule has 1 aromatic heterocycles. The van der Waals surface area contributed by atoms with Crippen molar-refractivity contribution >= 4 is 34.4 Å². The highest BCUT2D eigenvalue weighted by molar-refractivity contribution is 5.96. The molecule has 1 aliphatic rings. The zero-order chi connectivity index (χ0) is 22.0. The molecule has 1 saturated heterocycles. The molecule has 5 nitrogen and oxygen atoms in total. The van der Waals surface area contributed by atoms with Gasteiger partial charge in [-0.25, -0.2) is 4.39 Å². The van der Waals surface area contributed by atoms with E-state index in [1.165, 1.54) is 13.0 Å². The Labute approximate surface area is 180 Å². The third kappa shape index (κ3) is 4.24. The van der Waals surface area contributed by atoms with Crippen molar-refractivity contribution in [1.29, 1.82) is 0 Å². The summed E-state index contributed by atoms with van der Waals surface area (Å²) in [7, 11) is 0. The van der Waals surface area contributed by atoms with Gasteiger partial charge in [0.05, 0.1) is 5.69 Å². The molecular weight excluding hydrogens is 395 g/mol. The number of carbonyl (C=O) groups excluding carboxylic acids is 2. The Hall–Kier alpha value is -3.41. The molecule has 1 aliphatic heterocycles. The molecule has 0 spiro atoms. The first-order valence-electron chi connectivity index (χ1n) is 10.5. The van der Waals surface area contributed by atoms with Gasteiger partial charge in [0.15, 0.2) is 5.78 Å². The quantitative estimate of drug-likeness (QED) is 0.444. The summed E-state index contributed by atoms with van der Waals surface area (Å²) in [6, 6.07) is 12.4. The average Bonchev–Trinajstić information content (AvgIpc) is 3.15. The number of carbonyl (C=O) groups is 2. The monoisotopic (exact) mass is 420 g/mol. The van der Waals surface area contributed by atoms with Crippen LogP contribution in [0.25, 0.3) is 17.0 Å². The van der Waals surface area contributed by atoms with Crippen LogP contribution in [0.4, 0.5) is 10.1 Å². The molecule has 0 bridgehead atoms. The van der Waals surface area contributed by atoms with Gasteiger partial charge in [-0.05, 0) is 37.3 Å². The lowest BCUT2D eigenvalue weighted by Gasteiger charge is -2.35. The number of fused-ring (bicyclic) bond motifs is 1. The third-order valence-electron chi connectivity index (χ3n) is 5.71. The number of amides is 1. The van der Waals surface area contributed by atoms with Crippen LogP contribution in [0.2, 0.25) is 0 Å². The first kappa shape index (κ1) is 20.8. The lowest BCUT2D eigenvalue weighted by atomic mass is 10.1. The fraction of sp³-hybridized carbons (Fsp3) is 0.280. The summed E-state index contributed by atoms with van der Waals surface area (Å²) < 4.78 is 20.3. The molecule has 2 aromatic carbocycles. The summed E-state index contributed by atoms with van der Waals surface area (Å²) in [5, 5.41) is 0.998. The van der Waals surface area contributed by atoms with Crippen molar-refractivity contribution in [2.45, 2.75) is 20.3 Å². The van der Waals surface area contributed by atoms with Crippen LogP contribution in [-0.4, -0.2) is 42.8 Å². The van der Waals surface area contributed by atoms with Crippen molar-refractivity contribution in [3.8, 4) is 0 Å². The topological polar surface area (TPSA) is 53.8 Å². The standard InChI is InChI=1S/C25H25FN2O3/c1-3-23-20(19-6-4-5-7-24(19)31-23)9-11-25(30)28-14-12-27(13-15-28)22-10-8-18(17(2)29)16-21(22)26/h4-11,16H,3,12-15H2,1-2H3/b11-9+. The third-order valence-corrected chi connectivity index (χ3v) is 5.71. The number of Topliss-reactive ketones (excluding diaryl/α,β-unsaturated/α-hetero) is 1. The van der Waals surface area contributed by atoms with Crippen LogP contribution in [0.1, 0.15) is 35.5 Å². The van der Waals surface area contributed by atoms with E-state index in [2.05, 4.69) is 0 Å². The molecule has 1 amide bonds. The van der Waals surface area contributed by atoms with Crippen LogP contribution < -0.4 is 4.90 Å². The Kier molecular flexibility index (Phi) is 5.89. The summed E-state index contributed by atoms with van der Waals surface area (Å²) in [4.78, 5) is 27.8. The van der Waals surface area contributed by atoms with Gasteiger partial charge < -0.3 is 14.2 Å². The molecule has 2 heterocycles. The molecule has 3 aromatic rings. The summed E-state index contributed by atoms with van der Waals surface area (Å²) in [5.74, 6) is 0.217. The van der Waals surface area contributed by atoms with Gasteiger partial charge in [0.1, 0.15) is 17.2 Å². The largest absolute Gasteiger partial charge is 0.460 e. The predicted octanol–water partition coefficient (Wildman–Crippen LogP) is 4.70. The Bertz CT molecular complexity index is 1160. The number of benzene rings is 2. The number of aryl methyl sites for hydroxylation is 1. The van der Waals surface area contributed by atoms with Gasteiger partial charge in [0.2, 0.25) is 5.91 Å². The molecule has 160 valence electrons. The van der Waals surface area contributed by atoms with Crippen LogP contribution >= 0.6 is 0 Å². The first-order valence-corrected chi connectivity index (χ1v) is 10.5. The highest BCUT2D eigenvalue weighted by Crippen LogP contribution is 2.27. The van der Waals surface area contributed by atoms with E-state index in [1.54, 1.807) is 23.1 Å². The molecule has 1 fully saturated rings. The molecule has 4 rings (SSSR count). The molecule has 0 aliphatic carbocycles. The van der Waals surface area contributed by atoms with E-state index in [4.69, 9.17) is 4.42 Å². The maximum atomic E-state index is 14.4. The maximum absolute atomic E-state index is 14.4. The Morgan fingerprint density at radius 1 is 1.10 bits per heavy atom. The summed E-state index contributed by atoms with van der Waals surface area (Å²) >= 11 is 0. The fourth-order valence-corrected chi connectivity index (χ4v) is 3.97. The Morgan fingerprint density at radius 3 is 2.52 bits per heavy atom. The molecule has 0 saturated carbocycles. The van der Waals surface area contributed by atoms with E-state index in [-0.39, 0.29) is 11.7 Å². The second kappa shape index (κ2) is 8.76. The van der Waals surface area contributed by atoms with Gasteiger partial charge in [0.25, 0.3) is 0 Å². The lowest BCUT2D eigenvalue weighted by molar-refractivity contribution is -0.126. The van der Waals surface area contributed by atoms with E-state index < -0.39 is 5.82 Å². The number of para-hydroxylation sites is 1. The number of nitrogens with zero attached hydrogens (tertiary/aromatic N) is 2. The van der Waals surface area contributed by atoms with Crippen LogP contribution in [-0.2, 0) is 11.2 Å². The van der Waals surface area contributed by atoms with E-state index in [0.29, 0.717) is 37.4 Å². The molecule has 0 atom stereocenters. The van der Waals surface area contributed by atoms with Gasteiger partial charge >= 0.3 is 0 Å². The predicted molar refractivity (Wildman–Crippen MR) is 120 cm³/mol. The van der Waals surface area contributed by atoms with Crippen molar-refractivity contribution in [2.24, 2.45) is 0 Å². The number of piperazine rings is 1.